The second-order valence-corrected chi connectivity index (χ2v) is 7.25. The molecule has 3 rings (SSSR count). The van der Waals surface area contributed by atoms with Crippen LogP contribution in [0, 0.1) is 45.3 Å². The third-order valence-corrected chi connectivity index (χ3v) is 5.86. The number of nitrogens with zero attached hydrogens (tertiary/aromatic N) is 4. The zero-order valence-electron chi connectivity index (χ0n) is 14.1. The van der Waals surface area contributed by atoms with Crippen LogP contribution >= 0.6 is 11.3 Å². The molecule has 0 saturated carbocycles. The number of allylic oxidation sites excluding steroid dienone is 2. The summed E-state index contributed by atoms with van der Waals surface area (Å²) in [6.45, 7) is 4.51. The molecule has 6 heteroatoms. The van der Waals surface area contributed by atoms with Gasteiger partial charge in [-0.2, -0.15) is 27.1 Å². The molecule has 25 heavy (non-hydrogen) atoms. The third kappa shape index (κ3) is 2.53. The van der Waals surface area contributed by atoms with Gasteiger partial charge in [0.1, 0.15) is 0 Å². The van der Waals surface area contributed by atoms with Gasteiger partial charge in [0.15, 0.2) is 0 Å². The van der Waals surface area contributed by atoms with Gasteiger partial charge in [-0.15, -0.1) is 0 Å². The van der Waals surface area contributed by atoms with E-state index in [9.17, 15) is 15.8 Å². The SMILES string of the molecule is CCCN1CC=C2C(C1)C(c1ccsc1)C(C#N)=C(N)C2(C#N)C#N. The molecule has 126 valence electrons. The molecule has 2 heterocycles. The molecule has 0 fully saturated rings. The van der Waals surface area contributed by atoms with Crippen LogP contribution in [-0.4, -0.2) is 24.5 Å². The number of hydrogen-bond acceptors (Lipinski definition) is 6. The molecule has 1 aliphatic carbocycles. The summed E-state index contributed by atoms with van der Waals surface area (Å²) in [6.07, 6.45) is 3.01. The molecule has 1 aromatic rings. The average molecular weight is 349 g/mol. The Bertz CT molecular complexity index is 830. The van der Waals surface area contributed by atoms with Crippen molar-refractivity contribution in [1.82, 2.24) is 4.90 Å². The van der Waals surface area contributed by atoms with E-state index >= 15 is 0 Å². The van der Waals surface area contributed by atoms with Gasteiger partial charge >= 0.3 is 0 Å². The Morgan fingerprint density at radius 2 is 2.12 bits per heavy atom. The van der Waals surface area contributed by atoms with Crippen LogP contribution in [0.15, 0.2) is 39.7 Å². The van der Waals surface area contributed by atoms with E-state index in [1.54, 1.807) is 11.3 Å². The highest BCUT2D eigenvalue weighted by molar-refractivity contribution is 7.08. The Morgan fingerprint density at radius 1 is 1.36 bits per heavy atom. The maximum atomic E-state index is 9.80. The third-order valence-electron chi connectivity index (χ3n) is 5.16. The molecule has 2 atom stereocenters. The van der Waals surface area contributed by atoms with E-state index in [-0.39, 0.29) is 17.5 Å². The Kier molecular flexibility index (Phi) is 4.64. The molecular formula is C19H19N5S. The molecule has 2 N–H and O–H groups in total. The molecule has 0 bridgehead atoms. The summed E-state index contributed by atoms with van der Waals surface area (Å²) in [5, 5.41) is 33.4. The van der Waals surface area contributed by atoms with Crippen molar-refractivity contribution >= 4 is 11.3 Å². The molecule has 0 spiro atoms. The summed E-state index contributed by atoms with van der Waals surface area (Å²) in [6, 6.07) is 8.44. The maximum absolute atomic E-state index is 9.80. The molecule has 5 nitrogen and oxygen atoms in total. The van der Waals surface area contributed by atoms with Crippen molar-refractivity contribution in [2.24, 2.45) is 17.1 Å². The zero-order valence-corrected chi connectivity index (χ0v) is 14.9. The van der Waals surface area contributed by atoms with Crippen LogP contribution < -0.4 is 5.73 Å². The fourth-order valence-corrected chi connectivity index (χ4v) is 4.72. The minimum Gasteiger partial charge on any atom is -0.399 e. The van der Waals surface area contributed by atoms with Crippen LogP contribution in [0.1, 0.15) is 24.8 Å². The van der Waals surface area contributed by atoms with Gasteiger partial charge in [-0.05, 0) is 40.9 Å². The van der Waals surface area contributed by atoms with Gasteiger partial charge < -0.3 is 5.73 Å². The van der Waals surface area contributed by atoms with Gasteiger partial charge in [0.05, 0.1) is 29.5 Å². The van der Waals surface area contributed by atoms with Crippen molar-refractivity contribution in [1.29, 1.82) is 15.8 Å². The highest BCUT2D eigenvalue weighted by Crippen LogP contribution is 2.52. The lowest BCUT2D eigenvalue weighted by molar-refractivity contribution is 0.225. The van der Waals surface area contributed by atoms with E-state index in [4.69, 9.17) is 5.73 Å². The molecule has 0 aromatic carbocycles. The number of hydrogen-bond donors (Lipinski definition) is 1. The Hall–Kier alpha value is -2.59. The number of fused-ring (bicyclic) bond motifs is 1. The van der Waals surface area contributed by atoms with Crippen molar-refractivity contribution in [2.75, 3.05) is 19.6 Å². The highest BCUT2D eigenvalue weighted by Gasteiger charge is 2.52. The van der Waals surface area contributed by atoms with E-state index in [1.165, 1.54) is 0 Å². The first-order chi connectivity index (χ1) is 12.1. The first kappa shape index (κ1) is 17.2. The van der Waals surface area contributed by atoms with Crippen molar-refractivity contribution in [3.63, 3.8) is 0 Å². The Labute approximate surface area is 151 Å². The minimum absolute atomic E-state index is 0.0869. The summed E-state index contributed by atoms with van der Waals surface area (Å²) >= 11 is 1.57. The lowest BCUT2D eigenvalue weighted by atomic mass is 9.60. The van der Waals surface area contributed by atoms with Crippen LogP contribution in [0.25, 0.3) is 0 Å². The van der Waals surface area contributed by atoms with Crippen molar-refractivity contribution in [2.45, 2.75) is 19.3 Å². The number of nitriles is 3. The first-order valence-electron chi connectivity index (χ1n) is 8.30. The lowest BCUT2D eigenvalue weighted by Gasteiger charge is -2.44. The molecule has 0 radical (unpaired) electrons. The van der Waals surface area contributed by atoms with Crippen LogP contribution in [0.2, 0.25) is 0 Å². The number of thiophene rings is 1. The monoisotopic (exact) mass is 349 g/mol. The molecule has 0 saturated heterocycles. The van der Waals surface area contributed by atoms with Crippen molar-refractivity contribution < 1.29 is 0 Å². The zero-order chi connectivity index (χ0) is 18.0. The van der Waals surface area contributed by atoms with E-state index in [0.29, 0.717) is 12.1 Å². The van der Waals surface area contributed by atoms with Gasteiger partial charge in [-0.25, -0.2) is 0 Å². The van der Waals surface area contributed by atoms with Gasteiger partial charge in [0.2, 0.25) is 5.41 Å². The topological polar surface area (TPSA) is 101 Å². The minimum atomic E-state index is -1.53. The summed E-state index contributed by atoms with van der Waals surface area (Å²) in [5.74, 6) is -0.284. The largest absolute Gasteiger partial charge is 0.399 e. The Morgan fingerprint density at radius 3 is 2.68 bits per heavy atom. The smallest absolute Gasteiger partial charge is 0.204 e. The summed E-state index contributed by atoms with van der Waals surface area (Å²) in [5.41, 5.74) is 6.98. The van der Waals surface area contributed by atoms with Crippen molar-refractivity contribution in [3.05, 3.63) is 45.3 Å². The molecule has 1 aromatic heterocycles. The van der Waals surface area contributed by atoms with Crippen LogP contribution in [0.3, 0.4) is 0 Å². The summed E-state index contributed by atoms with van der Waals surface area (Å²) in [7, 11) is 0. The quantitative estimate of drug-likeness (QED) is 0.846. The molecule has 2 aliphatic rings. The average Bonchev–Trinajstić information content (AvgIpc) is 3.16. The normalized spacial score (nSPS) is 25.3. The standard InChI is InChI=1S/C19H19N5S/c1-2-5-24-6-3-16-15(9-24)17(13-4-7-25-10-13)14(8-20)18(23)19(16,11-21)12-22/h3-4,7,10,15,17H,2,5-6,9,23H2,1H3. The molecule has 1 aliphatic heterocycles. The fraction of sp³-hybridized carbons (Fsp3) is 0.421. The first-order valence-corrected chi connectivity index (χ1v) is 9.24. The van der Waals surface area contributed by atoms with Crippen LogP contribution in [-0.2, 0) is 0 Å². The Balaban J connectivity index is 2.23. The summed E-state index contributed by atoms with van der Waals surface area (Å²) in [4.78, 5) is 2.31. The molecular weight excluding hydrogens is 330 g/mol. The maximum Gasteiger partial charge on any atom is 0.204 e. The van der Waals surface area contributed by atoms with Gasteiger partial charge in [0, 0.05) is 24.9 Å². The van der Waals surface area contributed by atoms with Crippen molar-refractivity contribution in [3.8, 4) is 18.2 Å². The van der Waals surface area contributed by atoms with Crippen LogP contribution in [0.5, 0.6) is 0 Å². The predicted molar refractivity (Wildman–Crippen MR) is 95.8 cm³/mol. The van der Waals surface area contributed by atoms with Crippen LogP contribution in [0.4, 0.5) is 0 Å². The molecule has 2 unspecified atom stereocenters. The van der Waals surface area contributed by atoms with E-state index < -0.39 is 5.41 Å². The fourth-order valence-electron chi connectivity index (χ4n) is 4.03. The number of nitrogens with two attached hydrogens (primary N) is 1. The van der Waals surface area contributed by atoms with E-state index in [1.807, 2.05) is 22.9 Å². The highest BCUT2D eigenvalue weighted by atomic mass is 32.1. The second-order valence-electron chi connectivity index (χ2n) is 6.47. The lowest BCUT2D eigenvalue weighted by Crippen LogP contribution is -2.47. The second kappa shape index (κ2) is 6.73. The van der Waals surface area contributed by atoms with Gasteiger partial charge in [0.25, 0.3) is 0 Å². The van der Waals surface area contributed by atoms with E-state index in [0.717, 1.165) is 30.6 Å². The van der Waals surface area contributed by atoms with E-state index in [2.05, 4.69) is 30.0 Å². The van der Waals surface area contributed by atoms with Gasteiger partial charge in [-0.3, -0.25) is 4.90 Å². The molecule has 0 amide bonds. The predicted octanol–water partition coefficient (Wildman–Crippen LogP) is 2.88. The summed E-state index contributed by atoms with van der Waals surface area (Å²) < 4.78 is 0. The van der Waals surface area contributed by atoms with Gasteiger partial charge in [-0.1, -0.05) is 13.0 Å². The number of rotatable bonds is 3.